The molecule has 0 fully saturated rings. The summed E-state index contributed by atoms with van der Waals surface area (Å²) in [6, 6.07) is 6.09. The first-order valence-corrected chi connectivity index (χ1v) is 11.1. The van der Waals surface area contributed by atoms with Gasteiger partial charge in [-0.3, -0.25) is 0 Å². The van der Waals surface area contributed by atoms with Crippen LogP contribution in [0.4, 0.5) is 0 Å². The lowest BCUT2D eigenvalue weighted by molar-refractivity contribution is 0.278. The third-order valence-electron chi connectivity index (χ3n) is 4.33. The van der Waals surface area contributed by atoms with Gasteiger partial charge in [-0.25, -0.2) is 4.99 Å². The molecule has 0 saturated carbocycles. The zero-order valence-electron chi connectivity index (χ0n) is 15.6. The lowest BCUT2D eigenvalue weighted by atomic mass is 10.1. The van der Waals surface area contributed by atoms with Crippen molar-refractivity contribution in [3.8, 4) is 11.5 Å². The van der Waals surface area contributed by atoms with E-state index in [-0.39, 0.29) is 5.54 Å². The fourth-order valence-electron chi connectivity index (χ4n) is 2.92. The van der Waals surface area contributed by atoms with Gasteiger partial charge in [0.25, 0.3) is 0 Å². The SMILES string of the molecule is COc1cc(I)c(CCn2c(C3=NC(C)(C)CO3)cc(Br)c2Br)cc1OC. The molecule has 1 aliphatic rings. The summed E-state index contributed by atoms with van der Waals surface area (Å²) in [5.74, 6) is 2.17. The quantitative estimate of drug-likeness (QED) is 0.409. The number of hydrogen-bond acceptors (Lipinski definition) is 4. The van der Waals surface area contributed by atoms with Crippen molar-refractivity contribution < 1.29 is 14.2 Å². The highest BCUT2D eigenvalue weighted by atomic mass is 127. The molecular formula is C19H21Br2IN2O3. The summed E-state index contributed by atoms with van der Waals surface area (Å²) in [7, 11) is 3.31. The first-order valence-electron chi connectivity index (χ1n) is 8.43. The van der Waals surface area contributed by atoms with Crippen LogP contribution in [0.3, 0.4) is 0 Å². The highest BCUT2D eigenvalue weighted by Gasteiger charge is 2.29. The van der Waals surface area contributed by atoms with E-state index in [1.807, 2.05) is 18.2 Å². The molecule has 0 N–H and O–H groups in total. The number of aliphatic imine (C=N–C) groups is 1. The Labute approximate surface area is 189 Å². The molecule has 8 heteroatoms. The lowest BCUT2D eigenvalue weighted by Crippen LogP contribution is -2.17. The van der Waals surface area contributed by atoms with Gasteiger partial charge in [-0.2, -0.15) is 0 Å². The van der Waals surface area contributed by atoms with Gasteiger partial charge in [0.15, 0.2) is 11.5 Å². The Kier molecular flexibility index (Phi) is 6.47. The van der Waals surface area contributed by atoms with Crippen molar-refractivity contribution in [2.45, 2.75) is 32.4 Å². The summed E-state index contributed by atoms with van der Waals surface area (Å²) in [5.41, 5.74) is 1.97. The minimum Gasteiger partial charge on any atom is -0.493 e. The Morgan fingerprint density at radius 2 is 1.85 bits per heavy atom. The number of ether oxygens (including phenoxy) is 3. The Morgan fingerprint density at radius 3 is 2.44 bits per heavy atom. The van der Waals surface area contributed by atoms with Crippen molar-refractivity contribution in [3.63, 3.8) is 0 Å². The van der Waals surface area contributed by atoms with Crippen LogP contribution in [-0.2, 0) is 17.7 Å². The Hall–Kier alpha value is -0.740. The predicted molar refractivity (Wildman–Crippen MR) is 122 cm³/mol. The number of aromatic nitrogens is 1. The van der Waals surface area contributed by atoms with Gasteiger partial charge >= 0.3 is 0 Å². The zero-order valence-corrected chi connectivity index (χ0v) is 20.9. The van der Waals surface area contributed by atoms with Crippen LogP contribution in [0.1, 0.15) is 25.1 Å². The molecule has 1 aromatic heterocycles. The van der Waals surface area contributed by atoms with E-state index >= 15 is 0 Å². The van der Waals surface area contributed by atoms with E-state index in [4.69, 9.17) is 19.2 Å². The third kappa shape index (κ3) is 4.48. The van der Waals surface area contributed by atoms with Crippen LogP contribution in [0.5, 0.6) is 11.5 Å². The smallest absolute Gasteiger partial charge is 0.234 e. The number of methoxy groups -OCH3 is 2. The lowest BCUT2D eigenvalue weighted by Gasteiger charge is -2.14. The van der Waals surface area contributed by atoms with E-state index in [9.17, 15) is 0 Å². The van der Waals surface area contributed by atoms with Crippen LogP contribution in [0, 0.1) is 3.57 Å². The normalized spacial score (nSPS) is 15.4. The number of benzene rings is 1. The molecule has 0 amide bonds. The van der Waals surface area contributed by atoms with Gasteiger partial charge in [0.1, 0.15) is 12.3 Å². The minimum atomic E-state index is -0.192. The molecule has 2 aromatic rings. The van der Waals surface area contributed by atoms with E-state index in [1.165, 1.54) is 5.56 Å². The highest BCUT2D eigenvalue weighted by molar-refractivity contribution is 14.1. The molecule has 0 atom stereocenters. The molecule has 0 aliphatic carbocycles. The first-order chi connectivity index (χ1) is 12.8. The average molecular weight is 612 g/mol. The average Bonchev–Trinajstić information content (AvgIpc) is 3.13. The summed E-state index contributed by atoms with van der Waals surface area (Å²) in [5, 5.41) is 0. The second-order valence-electron chi connectivity index (χ2n) is 6.89. The van der Waals surface area contributed by atoms with Crippen LogP contribution in [0.15, 0.2) is 32.3 Å². The van der Waals surface area contributed by atoms with Gasteiger partial charge in [0.2, 0.25) is 5.90 Å². The second-order valence-corrected chi connectivity index (χ2v) is 9.65. The van der Waals surface area contributed by atoms with E-state index in [0.717, 1.165) is 42.8 Å². The fraction of sp³-hybridized carbons (Fsp3) is 0.421. The van der Waals surface area contributed by atoms with Crippen molar-refractivity contribution in [2.24, 2.45) is 4.99 Å². The highest BCUT2D eigenvalue weighted by Crippen LogP contribution is 2.33. The third-order valence-corrected chi connectivity index (χ3v) is 7.33. The Balaban J connectivity index is 1.89. The van der Waals surface area contributed by atoms with Crippen LogP contribution in [-0.4, -0.2) is 36.8 Å². The van der Waals surface area contributed by atoms with Crippen LogP contribution in [0.25, 0.3) is 0 Å². The number of hydrogen-bond donors (Lipinski definition) is 0. The monoisotopic (exact) mass is 610 g/mol. The van der Waals surface area contributed by atoms with E-state index in [1.54, 1.807) is 14.2 Å². The van der Waals surface area contributed by atoms with Gasteiger partial charge in [-0.15, -0.1) is 0 Å². The largest absolute Gasteiger partial charge is 0.493 e. The van der Waals surface area contributed by atoms with E-state index in [2.05, 4.69) is 72.9 Å². The number of aryl methyl sites for hydroxylation is 1. The molecule has 5 nitrogen and oxygen atoms in total. The van der Waals surface area contributed by atoms with Crippen LogP contribution in [0.2, 0.25) is 0 Å². The topological polar surface area (TPSA) is 45.0 Å². The molecule has 0 bridgehead atoms. The van der Waals surface area contributed by atoms with Gasteiger partial charge in [0, 0.05) is 10.1 Å². The molecule has 0 saturated heterocycles. The van der Waals surface area contributed by atoms with Crippen LogP contribution < -0.4 is 9.47 Å². The first kappa shape index (κ1) is 21.0. The fourth-order valence-corrected chi connectivity index (χ4v) is 4.55. The predicted octanol–water partition coefficient (Wildman–Crippen LogP) is 5.43. The van der Waals surface area contributed by atoms with Crippen molar-refractivity contribution >= 4 is 60.3 Å². The summed E-state index contributed by atoms with van der Waals surface area (Å²) in [6.45, 7) is 5.51. The number of rotatable bonds is 6. The second kappa shape index (κ2) is 8.32. The maximum atomic E-state index is 5.86. The standard InChI is InChI=1S/C19H21Br2IN2O3/c1-19(2)10-27-18(23-19)14-8-12(20)17(21)24(14)6-5-11-7-15(25-3)16(26-4)9-13(11)22/h7-9H,5-6,10H2,1-4H3. The van der Waals surface area contributed by atoms with Gasteiger partial charge in [-0.05, 0) is 98.5 Å². The maximum Gasteiger partial charge on any atom is 0.234 e. The summed E-state index contributed by atoms with van der Waals surface area (Å²) in [4.78, 5) is 4.72. The van der Waals surface area contributed by atoms with Crippen molar-refractivity contribution in [1.29, 1.82) is 0 Å². The molecule has 0 unspecified atom stereocenters. The Morgan fingerprint density at radius 1 is 1.19 bits per heavy atom. The zero-order chi connectivity index (χ0) is 19.8. The summed E-state index contributed by atoms with van der Waals surface area (Å²) >= 11 is 9.62. The molecule has 3 rings (SSSR count). The molecule has 0 radical (unpaired) electrons. The molecule has 0 spiro atoms. The number of halogens is 3. The van der Waals surface area contributed by atoms with Crippen molar-refractivity contribution in [1.82, 2.24) is 4.57 Å². The molecule has 146 valence electrons. The Bertz CT molecular complexity index is 894. The van der Waals surface area contributed by atoms with Crippen molar-refractivity contribution in [2.75, 3.05) is 20.8 Å². The maximum absolute atomic E-state index is 5.86. The van der Waals surface area contributed by atoms with E-state index in [0.29, 0.717) is 12.5 Å². The van der Waals surface area contributed by atoms with Gasteiger partial charge in [-0.1, -0.05) is 0 Å². The summed E-state index contributed by atoms with van der Waals surface area (Å²) in [6.07, 6.45) is 0.835. The van der Waals surface area contributed by atoms with Gasteiger partial charge < -0.3 is 18.8 Å². The molecule has 2 heterocycles. The summed E-state index contributed by atoms with van der Waals surface area (Å²) < 4.78 is 22.0. The molecule has 1 aliphatic heterocycles. The molecule has 27 heavy (non-hydrogen) atoms. The molecular weight excluding hydrogens is 591 g/mol. The van der Waals surface area contributed by atoms with Crippen LogP contribution >= 0.6 is 54.5 Å². The minimum absolute atomic E-state index is 0.192. The van der Waals surface area contributed by atoms with E-state index < -0.39 is 0 Å². The van der Waals surface area contributed by atoms with Crippen molar-refractivity contribution in [3.05, 3.63) is 42.1 Å². The molecule has 1 aromatic carbocycles. The number of nitrogens with zero attached hydrogens (tertiary/aromatic N) is 2. The van der Waals surface area contributed by atoms with Gasteiger partial charge in [0.05, 0.1) is 28.8 Å².